The van der Waals surface area contributed by atoms with Crippen molar-refractivity contribution in [2.45, 2.75) is 26.1 Å². The van der Waals surface area contributed by atoms with Crippen molar-refractivity contribution in [2.75, 3.05) is 30.3 Å². The summed E-state index contributed by atoms with van der Waals surface area (Å²) < 4.78 is 42.6. The van der Waals surface area contributed by atoms with Crippen molar-refractivity contribution in [3.05, 3.63) is 40.4 Å². The largest absolute Gasteiger partial charge is 0.450 e. The van der Waals surface area contributed by atoms with Crippen LogP contribution in [0.15, 0.2) is 24.3 Å². The molecule has 2 N–H and O–H groups in total. The highest BCUT2D eigenvalue weighted by molar-refractivity contribution is 7.15. The van der Waals surface area contributed by atoms with Crippen LogP contribution in [0.4, 0.5) is 28.8 Å². The Morgan fingerprint density at radius 2 is 1.97 bits per heavy atom. The molecule has 156 valence electrons. The first-order chi connectivity index (χ1) is 13.7. The van der Waals surface area contributed by atoms with Crippen LogP contribution >= 0.6 is 11.3 Å². The molecule has 0 saturated heterocycles. The van der Waals surface area contributed by atoms with Gasteiger partial charge in [-0.1, -0.05) is 11.3 Å². The summed E-state index contributed by atoms with van der Waals surface area (Å²) in [7, 11) is 0. The first-order valence-corrected chi connectivity index (χ1v) is 9.68. The standard InChI is InChI=1S/C18H19F3N4O3S/c1-2-28-17(27)24-16-23-13-7-8-25(9-14(13)29-16)10-15(26)22-12-5-3-11(4-6-12)18(19,20)21/h3-6H,2,7-10H2,1H3,(H,22,26)(H,23,24,27). The summed E-state index contributed by atoms with van der Waals surface area (Å²) in [5.41, 5.74) is 0.414. The molecule has 3 rings (SSSR count). The van der Waals surface area contributed by atoms with Crippen molar-refractivity contribution in [2.24, 2.45) is 0 Å². The number of anilines is 2. The highest BCUT2D eigenvalue weighted by Crippen LogP contribution is 2.30. The van der Waals surface area contributed by atoms with Crippen molar-refractivity contribution in [3.8, 4) is 0 Å². The SMILES string of the molecule is CCOC(=O)Nc1nc2c(s1)CN(CC(=O)Nc1ccc(C(F)(F)F)cc1)CC2. The number of halogens is 3. The minimum Gasteiger partial charge on any atom is -0.450 e. The van der Waals surface area contributed by atoms with Gasteiger partial charge in [-0.15, -0.1) is 0 Å². The summed E-state index contributed by atoms with van der Waals surface area (Å²) in [6.07, 6.45) is -4.35. The van der Waals surface area contributed by atoms with Gasteiger partial charge in [0.05, 0.1) is 24.4 Å². The Balaban J connectivity index is 1.53. The van der Waals surface area contributed by atoms with Crippen LogP contribution in [0.25, 0.3) is 0 Å². The summed E-state index contributed by atoms with van der Waals surface area (Å²) in [6.45, 7) is 3.17. The van der Waals surface area contributed by atoms with E-state index in [0.29, 0.717) is 30.3 Å². The number of carbonyl (C=O) groups is 2. The van der Waals surface area contributed by atoms with E-state index in [1.807, 2.05) is 4.90 Å². The van der Waals surface area contributed by atoms with Crippen LogP contribution in [0.3, 0.4) is 0 Å². The number of benzene rings is 1. The van der Waals surface area contributed by atoms with Crippen molar-refractivity contribution < 1.29 is 27.5 Å². The van der Waals surface area contributed by atoms with Gasteiger partial charge in [0.1, 0.15) is 0 Å². The summed E-state index contributed by atoms with van der Waals surface area (Å²) in [5, 5.41) is 5.62. The second-order valence-electron chi connectivity index (χ2n) is 6.32. The highest BCUT2D eigenvalue weighted by Gasteiger charge is 2.30. The van der Waals surface area contributed by atoms with Crippen LogP contribution in [-0.2, 0) is 28.7 Å². The monoisotopic (exact) mass is 428 g/mol. The molecule has 29 heavy (non-hydrogen) atoms. The number of ether oxygens (including phenoxy) is 1. The number of aromatic nitrogens is 1. The topological polar surface area (TPSA) is 83.6 Å². The normalized spacial score (nSPS) is 14.2. The Bertz CT molecular complexity index is 883. The molecule has 0 saturated carbocycles. The molecular formula is C18H19F3N4O3S. The van der Waals surface area contributed by atoms with E-state index in [-0.39, 0.29) is 19.1 Å². The predicted octanol–water partition coefficient (Wildman–Crippen LogP) is 3.73. The van der Waals surface area contributed by atoms with Gasteiger partial charge in [0.15, 0.2) is 5.13 Å². The lowest BCUT2D eigenvalue weighted by molar-refractivity contribution is -0.137. The van der Waals surface area contributed by atoms with E-state index >= 15 is 0 Å². The van der Waals surface area contributed by atoms with E-state index in [0.717, 1.165) is 22.7 Å². The molecule has 0 unspecified atom stereocenters. The maximum absolute atomic E-state index is 12.6. The van der Waals surface area contributed by atoms with Gasteiger partial charge >= 0.3 is 12.3 Å². The number of fused-ring (bicyclic) bond motifs is 1. The molecule has 0 bridgehead atoms. The quantitative estimate of drug-likeness (QED) is 0.758. The molecular weight excluding hydrogens is 409 g/mol. The molecule has 1 aromatic carbocycles. The number of hydrogen-bond donors (Lipinski definition) is 2. The Kier molecular flexibility index (Phi) is 6.38. The summed E-state index contributed by atoms with van der Waals surface area (Å²) in [4.78, 5) is 31.0. The number of rotatable bonds is 5. The molecule has 0 aliphatic carbocycles. The number of amides is 2. The maximum Gasteiger partial charge on any atom is 0.416 e. The molecule has 1 aromatic heterocycles. The van der Waals surface area contributed by atoms with Crippen LogP contribution < -0.4 is 10.6 Å². The zero-order chi connectivity index (χ0) is 21.0. The number of nitrogens with zero attached hydrogens (tertiary/aromatic N) is 2. The second kappa shape index (κ2) is 8.78. The van der Waals surface area contributed by atoms with Crippen LogP contribution in [0.1, 0.15) is 23.1 Å². The average Bonchev–Trinajstić information content (AvgIpc) is 3.02. The average molecular weight is 428 g/mol. The molecule has 2 heterocycles. The van der Waals surface area contributed by atoms with Gasteiger partial charge in [0, 0.05) is 30.1 Å². The smallest absolute Gasteiger partial charge is 0.416 e. The Morgan fingerprint density at radius 1 is 1.24 bits per heavy atom. The van der Waals surface area contributed by atoms with Gasteiger partial charge in [-0.3, -0.25) is 15.0 Å². The van der Waals surface area contributed by atoms with E-state index in [4.69, 9.17) is 4.74 Å². The minimum atomic E-state index is -4.41. The lowest BCUT2D eigenvalue weighted by Crippen LogP contribution is -2.36. The first-order valence-electron chi connectivity index (χ1n) is 8.86. The van der Waals surface area contributed by atoms with E-state index in [2.05, 4.69) is 15.6 Å². The van der Waals surface area contributed by atoms with Crippen LogP contribution in [0, 0.1) is 0 Å². The van der Waals surface area contributed by atoms with E-state index in [1.165, 1.54) is 23.5 Å². The summed E-state index contributed by atoms with van der Waals surface area (Å²) in [5.74, 6) is -0.317. The highest BCUT2D eigenvalue weighted by atomic mass is 32.1. The third kappa shape index (κ3) is 5.67. The molecule has 0 fully saturated rings. The summed E-state index contributed by atoms with van der Waals surface area (Å²) >= 11 is 1.33. The Labute approximate surface area is 168 Å². The lowest BCUT2D eigenvalue weighted by Gasteiger charge is -2.25. The fraction of sp³-hybridized carbons (Fsp3) is 0.389. The predicted molar refractivity (Wildman–Crippen MR) is 102 cm³/mol. The number of nitrogens with one attached hydrogen (secondary N) is 2. The Morgan fingerprint density at radius 3 is 2.62 bits per heavy atom. The number of thiazole rings is 1. The molecule has 7 nitrogen and oxygen atoms in total. The lowest BCUT2D eigenvalue weighted by atomic mass is 10.2. The second-order valence-corrected chi connectivity index (χ2v) is 7.40. The molecule has 1 aliphatic rings. The van der Waals surface area contributed by atoms with Gasteiger partial charge in [-0.05, 0) is 31.2 Å². The van der Waals surface area contributed by atoms with Gasteiger partial charge in [0.25, 0.3) is 0 Å². The third-order valence-electron chi connectivity index (χ3n) is 4.16. The van der Waals surface area contributed by atoms with Crippen LogP contribution in [0.2, 0.25) is 0 Å². The van der Waals surface area contributed by atoms with Gasteiger partial charge in [-0.2, -0.15) is 13.2 Å². The number of carbonyl (C=O) groups excluding carboxylic acids is 2. The zero-order valence-electron chi connectivity index (χ0n) is 15.5. The molecule has 2 aromatic rings. The molecule has 0 atom stereocenters. The Hall–Kier alpha value is -2.66. The summed E-state index contributed by atoms with van der Waals surface area (Å²) in [6, 6.07) is 4.31. The van der Waals surface area contributed by atoms with Crippen molar-refractivity contribution >= 4 is 34.2 Å². The molecule has 11 heteroatoms. The van der Waals surface area contributed by atoms with Gasteiger partial charge < -0.3 is 10.1 Å². The van der Waals surface area contributed by atoms with Crippen molar-refractivity contribution in [1.29, 1.82) is 0 Å². The van der Waals surface area contributed by atoms with Crippen LogP contribution in [-0.4, -0.2) is 41.6 Å². The maximum atomic E-state index is 12.6. The van der Waals surface area contributed by atoms with Crippen molar-refractivity contribution in [1.82, 2.24) is 9.88 Å². The van der Waals surface area contributed by atoms with E-state index < -0.39 is 17.8 Å². The molecule has 2 amide bonds. The number of alkyl halides is 3. The fourth-order valence-corrected chi connectivity index (χ4v) is 3.87. The first kappa shape index (κ1) is 21.1. The fourth-order valence-electron chi connectivity index (χ4n) is 2.84. The number of hydrogen-bond acceptors (Lipinski definition) is 6. The van der Waals surface area contributed by atoms with Crippen LogP contribution in [0.5, 0.6) is 0 Å². The molecule has 1 aliphatic heterocycles. The molecule has 0 radical (unpaired) electrons. The van der Waals surface area contributed by atoms with E-state index in [1.54, 1.807) is 6.92 Å². The zero-order valence-corrected chi connectivity index (χ0v) is 16.3. The third-order valence-corrected chi connectivity index (χ3v) is 5.16. The van der Waals surface area contributed by atoms with E-state index in [9.17, 15) is 22.8 Å². The molecule has 0 spiro atoms. The van der Waals surface area contributed by atoms with Gasteiger partial charge in [-0.25, -0.2) is 9.78 Å². The minimum absolute atomic E-state index is 0.0962. The van der Waals surface area contributed by atoms with Crippen molar-refractivity contribution in [3.63, 3.8) is 0 Å². The van der Waals surface area contributed by atoms with Gasteiger partial charge in [0.2, 0.25) is 5.91 Å².